The van der Waals surface area contributed by atoms with E-state index >= 15 is 0 Å². The number of nitrogens with zero attached hydrogens (tertiary/aromatic N) is 3. The smallest absolute Gasteiger partial charge is 0.266 e. The molecule has 0 radical (unpaired) electrons. The van der Waals surface area contributed by atoms with Crippen LogP contribution < -0.4 is 0 Å². The van der Waals surface area contributed by atoms with Crippen LogP contribution in [0, 0.1) is 0 Å². The molecule has 0 bridgehead atoms. The Morgan fingerprint density at radius 3 is 3.06 bits per heavy atom. The summed E-state index contributed by atoms with van der Waals surface area (Å²) in [4.78, 5) is 19.2. The monoisotopic (exact) mass is 259 g/mol. The Hall–Kier alpha value is -1.75. The maximum Gasteiger partial charge on any atom is 0.266 e. The largest absolute Gasteiger partial charge is 0.331 e. The fraction of sp³-hybridized carbons (Fsp3) is 0.308. The third kappa shape index (κ3) is 2.01. The Morgan fingerprint density at radius 2 is 2.33 bits per heavy atom. The topological polar surface area (TPSA) is 46.1 Å². The van der Waals surface area contributed by atoms with Gasteiger partial charge in [0.1, 0.15) is 4.88 Å². The minimum Gasteiger partial charge on any atom is -0.331 e. The Balaban J connectivity index is 1.86. The summed E-state index contributed by atoms with van der Waals surface area (Å²) in [6.45, 7) is 0.816. The van der Waals surface area contributed by atoms with Crippen molar-refractivity contribution in [3.8, 4) is 0 Å². The zero-order valence-electron chi connectivity index (χ0n) is 9.82. The van der Waals surface area contributed by atoms with Crippen LogP contribution in [-0.4, -0.2) is 26.7 Å². The van der Waals surface area contributed by atoms with Crippen molar-refractivity contribution in [1.29, 1.82) is 0 Å². The quantitative estimate of drug-likeness (QED) is 0.832. The van der Waals surface area contributed by atoms with Crippen LogP contribution in [-0.2, 0) is 0 Å². The van der Waals surface area contributed by atoms with Crippen LogP contribution >= 0.6 is 11.5 Å². The maximum absolute atomic E-state index is 12.4. The van der Waals surface area contributed by atoms with Gasteiger partial charge in [0.25, 0.3) is 5.91 Å². The van der Waals surface area contributed by atoms with Gasteiger partial charge in [-0.1, -0.05) is 6.07 Å². The summed E-state index contributed by atoms with van der Waals surface area (Å²) < 4.78 is 3.99. The van der Waals surface area contributed by atoms with Gasteiger partial charge in [0, 0.05) is 25.1 Å². The van der Waals surface area contributed by atoms with Gasteiger partial charge in [-0.05, 0) is 42.1 Å². The van der Waals surface area contributed by atoms with Gasteiger partial charge in [-0.15, -0.1) is 0 Å². The number of aromatic nitrogens is 2. The molecule has 0 aliphatic carbocycles. The molecule has 1 aliphatic heterocycles. The standard InChI is InChI=1S/C13H13N3OS/c17-13(12-5-7-15-18-12)16-8-2-4-11(16)10-3-1-6-14-9-10/h1,3,5-7,9,11H,2,4,8H2. The highest BCUT2D eigenvalue weighted by Crippen LogP contribution is 2.32. The molecule has 2 aromatic rings. The molecule has 3 rings (SSSR count). The molecule has 1 amide bonds. The molecule has 18 heavy (non-hydrogen) atoms. The highest BCUT2D eigenvalue weighted by molar-refractivity contribution is 7.08. The van der Waals surface area contributed by atoms with Gasteiger partial charge in [0.15, 0.2) is 0 Å². The molecule has 3 heterocycles. The number of hydrogen-bond acceptors (Lipinski definition) is 4. The summed E-state index contributed by atoms with van der Waals surface area (Å²) >= 11 is 1.26. The number of pyridine rings is 1. The second kappa shape index (κ2) is 4.86. The third-order valence-corrected chi connectivity index (χ3v) is 3.97. The summed E-state index contributed by atoms with van der Waals surface area (Å²) in [5.41, 5.74) is 1.12. The SMILES string of the molecule is O=C(c1ccns1)N1CCCC1c1cccnc1. The van der Waals surface area contributed by atoms with Gasteiger partial charge < -0.3 is 4.90 Å². The van der Waals surface area contributed by atoms with Crippen LogP contribution in [0.15, 0.2) is 36.8 Å². The minimum atomic E-state index is 0.0869. The first-order chi connectivity index (χ1) is 8.86. The normalized spacial score (nSPS) is 19.1. The number of amides is 1. The van der Waals surface area contributed by atoms with Crippen LogP contribution in [0.5, 0.6) is 0 Å². The summed E-state index contributed by atoms with van der Waals surface area (Å²) in [5, 5.41) is 0. The first-order valence-electron chi connectivity index (χ1n) is 5.98. The van der Waals surface area contributed by atoms with Crippen LogP contribution in [0.4, 0.5) is 0 Å². The zero-order valence-corrected chi connectivity index (χ0v) is 10.6. The van der Waals surface area contributed by atoms with Crippen molar-refractivity contribution in [2.24, 2.45) is 0 Å². The van der Waals surface area contributed by atoms with E-state index in [0.717, 1.165) is 24.9 Å². The first kappa shape index (κ1) is 11.3. The highest BCUT2D eigenvalue weighted by Gasteiger charge is 2.31. The predicted molar refractivity (Wildman–Crippen MR) is 69.4 cm³/mol. The fourth-order valence-corrected chi connectivity index (χ4v) is 2.95. The highest BCUT2D eigenvalue weighted by atomic mass is 32.1. The molecule has 1 unspecified atom stereocenters. The molecule has 1 atom stereocenters. The molecular weight excluding hydrogens is 246 g/mol. The molecule has 0 saturated carbocycles. The number of rotatable bonds is 2. The van der Waals surface area contributed by atoms with Crippen molar-refractivity contribution in [1.82, 2.24) is 14.3 Å². The van der Waals surface area contributed by atoms with E-state index in [1.807, 2.05) is 23.2 Å². The van der Waals surface area contributed by atoms with Crippen molar-refractivity contribution < 1.29 is 4.79 Å². The van der Waals surface area contributed by atoms with E-state index in [0.29, 0.717) is 4.88 Å². The Morgan fingerprint density at radius 1 is 1.39 bits per heavy atom. The molecule has 1 aliphatic rings. The zero-order chi connectivity index (χ0) is 12.4. The average molecular weight is 259 g/mol. The lowest BCUT2D eigenvalue weighted by Crippen LogP contribution is -2.29. The second-order valence-corrected chi connectivity index (χ2v) is 5.15. The second-order valence-electron chi connectivity index (χ2n) is 4.32. The molecule has 1 saturated heterocycles. The molecule has 0 aromatic carbocycles. The van der Waals surface area contributed by atoms with E-state index in [9.17, 15) is 4.79 Å². The third-order valence-electron chi connectivity index (χ3n) is 3.23. The van der Waals surface area contributed by atoms with Crippen molar-refractivity contribution in [3.05, 3.63) is 47.2 Å². The number of likely N-dealkylation sites (tertiary alicyclic amines) is 1. The molecule has 0 spiro atoms. The fourth-order valence-electron chi connectivity index (χ4n) is 2.40. The van der Waals surface area contributed by atoms with E-state index < -0.39 is 0 Å². The van der Waals surface area contributed by atoms with E-state index in [2.05, 4.69) is 9.36 Å². The van der Waals surface area contributed by atoms with Crippen molar-refractivity contribution >= 4 is 17.4 Å². The van der Waals surface area contributed by atoms with E-state index in [-0.39, 0.29) is 11.9 Å². The number of hydrogen-bond donors (Lipinski definition) is 0. The molecular formula is C13H13N3OS. The Kier molecular flexibility index (Phi) is 3.06. The number of carbonyl (C=O) groups is 1. The van der Waals surface area contributed by atoms with E-state index in [1.54, 1.807) is 18.5 Å². The van der Waals surface area contributed by atoms with Crippen molar-refractivity contribution in [2.45, 2.75) is 18.9 Å². The van der Waals surface area contributed by atoms with Crippen LogP contribution in [0.25, 0.3) is 0 Å². The van der Waals surface area contributed by atoms with Crippen LogP contribution in [0.1, 0.15) is 34.1 Å². The molecule has 2 aromatic heterocycles. The van der Waals surface area contributed by atoms with Crippen LogP contribution in [0.3, 0.4) is 0 Å². The van der Waals surface area contributed by atoms with Crippen molar-refractivity contribution in [3.63, 3.8) is 0 Å². The summed E-state index contributed by atoms with van der Waals surface area (Å²) in [6, 6.07) is 5.90. The van der Waals surface area contributed by atoms with Gasteiger partial charge >= 0.3 is 0 Å². The predicted octanol–water partition coefficient (Wildman–Crippen LogP) is 2.52. The molecule has 0 N–H and O–H groups in total. The molecule has 4 nitrogen and oxygen atoms in total. The minimum absolute atomic E-state index is 0.0869. The van der Waals surface area contributed by atoms with Crippen molar-refractivity contribution in [2.75, 3.05) is 6.54 Å². The number of carbonyl (C=O) groups excluding carboxylic acids is 1. The summed E-state index contributed by atoms with van der Waals surface area (Å²) in [7, 11) is 0. The first-order valence-corrected chi connectivity index (χ1v) is 6.75. The molecule has 1 fully saturated rings. The van der Waals surface area contributed by atoms with E-state index in [1.165, 1.54) is 11.5 Å². The van der Waals surface area contributed by atoms with Gasteiger partial charge in [-0.3, -0.25) is 9.78 Å². The lowest BCUT2D eigenvalue weighted by molar-refractivity contribution is 0.0740. The lowest BCUT2D eigenvalue weighted by atomic mass is 10.1. The van der Waals surface area contributed by atoms with Gasteiger partial charge in [-0.2, -0.15) is 0 Å². The average Bonchev–Trinajstić information content (AvgIpc) is 3.10. The lowest BCUT2D eigenvalue weighted by Gasteiger charge is -2.24. The molecule has 92 valence electrons. The summed E-state index contributed by atoms with van der Waals surface area (Å²) in [6.07, 6.45) is 7.34. The van der Waals surface area contributed by atoms with Gasteiger partial charge in [0.05, 0.1) is 6.04 Å². The van der Waals surface area contributed by atoms with Crippen LogP contribution in [0.2, 0.25) is 0 Å². The summed E-state index contributed by atoms with van der Waals surface area (Å²) in [5.74, 6) is 0.0869. The Bertz CT molecular complexity index is 526. The van der Waals surface area contributed by atoms with E-state index in [4.69, 9.17) is 0 Å². The Labute approximate surface area is 109 Å². The maximum atomic E-state index is 12.4. The van der Waals surface area contributed by atoms with Gasteiger partial charge in [0.2, 0.25) is 0 Å². The molecule has 5 heteroatoms. The van der Waals surface area contributed by atoms with Gasteiger partial charge in [-0.25, -0.2) is 4.37 Å².